The molecule has 3 aliphatic rings. The minimum Gasteiger partial charge on any atom is -0.378 e. The zero-order valence-corrected chi connectivity index (χ0v) is 16.8. The smallest absolute Gasteiger partial charge is 0.329 e. The molecule has 2 atom stereocenters. The lowest BCUT2D eigenvalue weighted by Crippen LogP contribution is -2.48. The highest BCUT2D eigenvalue weighted by Gasteiger charge is 2.40. The maximum absolute atomic E-state index is 13.1. The van der Waals surface area contributed by atoms with Crippen LogP contribution in [-0.4, -0.2) is 53.6 Å². The Hall–Kier alpha value is -3.00. The van der Waals surface area contributed by atoms with Crippen LogP contribution in [0.1, 0.15) is 42.6 Å². The molecule has 2 fully saturated rings. The van der Waals surface area contributed by atoms with Gasteiger partial charge in [0.25, 0.3) is 0 Å². The van der Waals surface area contributed by atoms with E-state index in [9.17, 15) is 9.59 Å². The van der Waals surface area contributed by atoms with Gasteiger partial charge in [0.1, 0.15) is 11.5 Å². The van der Waals surface area contributed by atoms with Crippen LogP contribution in [-0.2, 0) is 4.74 Å². The number of anilines is 3. The van der Waals surface area contributed by atoms with E-state index in [0.717, 1.165) is 51.1 Å². The van der Waals surface area contributed by atoms with Crippen LogP contribution >= 0.6 is 0 Å². The summed E-state index contributed by atoms with van der Waals surface area (Å²) in [7, 11) is 0. The van der Waals surface area contributed by atoms with E-state index >= 15 is 0 Å². The Morgan fingerprint density at radius 3 is 2.93 bits per heavy atom. The zero-order chi connectivity index (χ0) is 20.5. The fourth-order valence-corrected chi connectivity index (χ4v) is 4.53. The lowest BCUT2D eigenvalue weighted by molar-refractivity contribution is 0.0856. The zero-order valence-electron chi connectivity index (χ0n) is 16.8. The first-order chi connectivity index (χ1) is 14.7. The minimum atomic E-state index is -0.266. The summed E-state index contributed by atoms with van der Waals surface area (Å²) in [6, 6.07) is 8.85. The van der Waals surface area contributed by atoms with Gasteiger partial charge in [-0.05, 0) is 49.9 Å². The fraction of sp³-hybridized carbons (Fsp3) is 0.455. The predicted molar refractivity (Wildman–Crippen MR) is 113 cm³/mol. The number of hydrogen-bond donors (Lipinski definition) is 1. The van der Waals surface area contributed by atoms with Crippen molar-refractivity contribution in [2.24, 2.45) is 0 Å². The Morgan fingerprint density at radius 2 is 2.13 bits per heavy atom. The van der Waals surface area contributed by atoms with Crippen LogP contribution in [0, 0.1) is 0 Å². The van der Waals surface area contributed by atoms with E-state index < -0.39 is 0 Å². The molecule has 156 valence electrons. The molecule has 0 aromatic carbocycles. The van der Waals surface area contributed by atoms with E-state index in [1.165, 1.54) is 0 Å². The number of ketones is 1. The van der Waals surface area contributed by atoms with Crippen molar-refractivity contribution in [3.05, 3.63) is 42.2 Å². The number of carbonyl (C=O) groups is 2. The molecule has 8 nitrogen and oxygen atoms in total. The second kappa shape index (κ2) is 8.02. The Kier molecular flexibility index (Phi) is 5.08. The second-order valence-corrected chi connectivity index (χ2v) is 8.04. The van der Waals surface area contributed by atoms with Crippen molar-refractivity contribution in [1.29, 1.82) is 0 Å². The first kappa shape index (κ1) is 19.0. The molecule has 2 aromatic rings. The number of fused-ring (bicyclic) bond motifs is 4. The van der Waals surface area contributed by atoms with E-state index in [2.05, 4.69) is 20.2 Å². The number of ether oxygens (including phenoxy) is 1. The Balaban J connectivity index is 1.38. The number of rotatable bonds is 5. The summed E-state index contributed by atoms with van der Waals surface area (Å²) in [5.74, 6) is 1.04. The molecule has 1 N–H and O–H groups in total. The monoisotopic (exact) mass is 407 g/mol. The number of nitrogens with one attached hydrogen (secondary N) is 1. The summed E-state index contributed by atoms with van der Waals surface area (Å²) in [6.07, 6.45) is 5.89. The molecule has 0 radical (unpaired) electrons. The van der Waals surface area contributed by atoms with E-state index in [-0.39, 0.29) is 24.0 Å². The Labute approximate surface area is 175 Å². The van der Waals surface area contributed by atoms with Gasteiger partial charge < -0.3 is 9.64 Å². The molecule has 0 aliphatic carbocycles. The van der Waals surface area contributed by atoms with Gasteiger partial charge in [-0.15, -0.1) is 0 Å². The number of nitrogens with zero attached hydrogens (tertiary/aromatic N) is 4. The van der Waals surface area contributed by atoms with Crippen LogP contribution < -0.4 is 15.1 Å². The second-order valence-electron chi connectivity index (χ2n) is 8.04. The van der Waals surface area contributed by atoms with Crippen LogP contribution in [0.4, 0.5) is 22.1 Å². The van der Waals surface area contributed by atoms with Gasteiger partial charge >= 0.3 is 6.03 Å². The first-order valence-corrected chi connectivity index (χ1v) is 10.6. The molecule has 2 amide bonds. The lowest BCUT2D eigenvalue weighted by atomic mass is 10.1. The van der Waals surface area contributed by atoms with E-state index in [1.807, 2.05) is 12.1 Å². The summed E-state index contributed by atoms with van der Waals surface area (Å²) in [5.41, 5.74) is 1.31. The molecule has 0 spiro atoms. The summed E-state index contributed by atoms with van der Waals surface area (Å²) in [6.45, 7) is 2.43. The first-order valence-electron chi connectivity index (χ1n) is 10.6. The molecule has 2 aromatic heterocycles. The van der Waals surface area contributed by atoms with Crippen molar-refractivity contribution in [2.75, 3.05) is 34.8 Å². The van der Waals surface area contributed by atoms with Crippen molar-refractivity contribution in [3.8, 4) is 0 Å². The summed E-state index contributed by atoms with van der Waals surface area (Å²) in [4.78, 5) is 38.7. The molecular formula is C22H25N5O3. The summed E-state index contributed by atoms with van der Waals surface area (Å²) < 4.78 is 5.62. The van der Waals surface area contributed by atoms with E-state index in [4.69, 9.17) is 4.74 Å². The van der Waals surface area contributed by atoms with E-state index in [1.54, 1.807) is 29.3 Å². The van der Waals surface area contributed by atoms with Crippen molar-refractivity contribution in [2.45, 2.75) is 44.2 Å². The van der Waals surface area contributed by atoms with Crippen molar-refractivity contribution in [1.82, 2.24) is 9.97 Å². The predicted octanol–water partition coefficient (Wildman–Crippen LogP) is 3.25. The highest BCUT2D eigenvalue weighted by atomic mass is 16.5. The molecule has 2 saturated heterocycles. The van der Waals surface area contributed by atoms with E-state index in [0.29, 0.717) is 23.8 Å². The molecule has 30 heavy (non-hydrogen) atoms. The standard InChI is InChI=1S/C22H25N5O3/c28-19(9-6-16-4-3-13-30-16)17-7-8-18-21(24-17)27(15-10-12-26(18)14-15)22(29)25-20-5-1-2-11-23-20/h1-2,5,7-8,11,15-16H,3-4,6,9-10,12-14H2,(H,23,25,29)/t15-,16-/m0/s1. The lowest BCUT2D eigenvalue weighted by Gasteiger charge is -2.35. The molecular weight excluding hydrogens is 382 g/mol. The van der Waals surface area contributed by atoms with Crippen molar-refractivity contribution >= 4 is 29.1 Å². The summed E-state index contributed by atoms with van der Waals surface area (Å²) >= 11 is 0. The maximum Gasteiger partial charge on any atom is 0.329 e. The maximum atomic E-state index is 13.1. The van der Waals surface area contributed by atoms with Gasteiger partial charge in [0, 0.05) is 32.3 Å². The highest BCUT2D eigenvalue weighted by Crippen LogP contribution is 2.39. The molecule has 0 unspecified atom stereocenters. The van der Waals surface area contributed by atoms with Gasteiger partial charge in [0.15, 0.2) is 11.6 Å². The van der Waals surface area contributed by atoms with Crippen molar-refractivity contribution in [3.63, 3.8) is 0 Å². The SMILES string of the molecule is O=C(CC[C@@H]1CCCO1)c1ccc2c(n1)N(C(=O)Nc1ccccn1)[C@H]1CCN2C1. The molecule has 8 heteroatoms. The van der Waals surface area contributed by atoms with Crippen LogP contribution in [0.2, 0.25) is 0 Å². The van der Waals surface area contributed by atoms with Crippen LogP contribution in [0.15, 0.2) is 36.5 Å². The Morgan fingerprint density at radius 1 is 1.20 bits per heavy atom. The number of Topliss-reactive ketones (excluding diaryl/α,β-unsaturated/α-hetero) is 1. The van der Waals surface area contributed by atoms with Crippen molar-refractivity contribution < 1.29 is 14.3 Å². The third kappa shape index (κ3) is 3.63. The largest absolute Gasteiger partial charge is 0.378 e. The number of carbonyl (C=O) groups excluding carboxylic acids is 2. The van der Waals surface area contributed by atoms with Gasteiger partial charge in [-0.3, -0.25) is 15.0 Å². The Bertz CT molecular complexity index is 945. The number of hydrogen-bond acceptors (Lipinski definition) is 6. The van der Waals surface area contributed by atoms with Gasteiger partial charge in [0.05, 0.1) is 17.8 Å². The van der Waals surface area contributed by atoms with Gasteiger partial charge in [-0.2, -0.15) is 0 Å². The number of amides is 2. The van der Waals surface area contributed by atoms with Crippen LogP contribution in [0.3, 0.4) is 0 Å². The van der Waals surface area contributed by atoms with Gasteiger partial charge in [-0.25, -0.2) is 14.8 Å². The molecule has 2 bridgehead atoms. The van der Waals surface area contributed by atoms with Gasteiger partial charge in [-0.1, -0.05) is 6.07 Å². The molecule has 5 rings (SSSR count). The third-order valence-electron chi connectivity index (χ3n) is 6.07. The third-order valence-corrected chi connectivity index (χ3v) is 6.07. The van der Waals surface area contributed by atoms with Crippen LogP contribution in [0.5, 0.6) is 0 Å². The topological polar surface area (TPSA) is 87.7 Å². The average molecular weight is 407 g/mol. The average Bonchev–Trinajstić information content (AvgIpc) is 3.43. The van der Waals surface area contributed by atoms with Gasteiger partial charge in [0.2, 0.25) is 0 Å². The van der Waals surface area contributed by atoms with Crippen LogP contribution in [0.25, 0.3) is 0 Å². The molecule has 5 heterocycles. The quantitative estimate of drug-likeness (QED) is 0.766. The number of aromatic nitrogens is 2. The highest BCUT2D eigenvalue weighted by molar-refractivity contribution is 6.05. The minimum absolute atomic E-state index is 0.00805. The normalized spacial score (nSPS) is 22.1. The fourth-order valence-electron chi connectivity index (χ4n) is 4.53. The molecule has 0 saturated carbocycles. The number of urea groups is 1. The summed E-state index contributed by atoms with van der Waals surface area (Å²) in [5, 5.41) is 2.86. The molecule has 3 aliphatic heterocycles. The number of pyridine rings is 2.